The highest BCUT2D eigenvalue weighted by molar-refractivity contribution is 5.92. The Bertz CT molecular complexity index is 1650. The smallest absolute Gasteiger partial charge is 0.0714 e. The highest BCUT2D eigenvalue weighted by Gasteiger charge is 2.45. The maximum Gasteiger partial charge on any atom is 0.0714 e. The summed E-state index contributed by atoms with van der Waals surface area (Å²) in [5.74, 6) is 0. The van der Waals surface area contributed by atoms with Gasteiger partial charge < -0.3 is 11.5 Å². The molecule has 0 bridgehead atoms. The third-order valence-corrected chi connectivity index (χ3v) is 7.55. The van der Waals surface area contributed by atoms with Crippen LogP contribution >= 0.6 is 0 Å². The third kappa shape index (κ3) is 2.77. The molecule has 35 heavy (non-hydrogen) atoms. The quantitative estimate of drug-likeness (QED) is 0.269. The molecule has 0 atom stereocenters. The largest absolute Gasteiger partial charge is 0.399 e. The molecule has 2 heteroatoms. The summed E-state index contributed by atoms with van der Waals surface area (Å²) in [5.41, 5.74) is 21.0. The summed E-state index contributed by atoms with van der Waals surface area (Å²) in [7, 11) is 0. The fourth-order valence-electron chi connectivity index (χ4n) is 6.02. The summed E-state index contributed by atoms with van der Waals surface area (Å²) >= 11 is 0. The predicted molar refractivity (Wildman–Crippen MR) is 148 cm³/mol. The Balaban J connectivity index is 1.62. The Morgan fingerprint density at radius 1 is 0.400 bits per heavy atom. The summed E-state index contributed by atoms with van der Waals surface area (Å²) in [4.78, 5) is 0. The molecule has 0 amide bonds. The number of hydrogen-bond donors (Lipinski definition) is 2. The number of benzene rings is 6. The van der Waals surface area contributed by atoms with Crippen molar-refractivity contribution in [2.45, 2.75) is 5.41 Å². The van der Waals surface area contributed by atoms with E-state index in [1.54, 1.807) is 0 Å². The van der Waals surface area contributed by atoms with Crippen LogP contribution in [0.1, 0.15) is 22.3 Å². The van der Waals surface area contributed by atoms with Gasteiger partial charge in [0, 0.05) is 11.4 Å². The molecule has 0 aromatic heterocycles. The first kappa shape index (κ1) is 19.9. The molecule has 0 saturated heterocycles. The van der Waals surface area contributed by atoms with Crippen molar-refractivity contribution in [3.8, 4) is 11.1 Å². The van der Waals surface area contributed by atoms with E-state index in [1.165, 1.54) is 44.2 Å². The lowest BCUT2D eigenvalue weighted by atomic mass is 9.67. The zero-order valence-electron chi connectivity index (χ0n) is 19.2. The molecular weight excluding hydrogens is 424 g/mol. The molecule has 7 rings (SSSR count). The average Bonchev–Trinajstić information content (AvgIpc) is 3.19. The normalized spacial score (nSPS) is 13.6. The molecular formula is C33H24N2. The first-order chi connectivity index (χ1) is 17.1. The van der Waals surface area contributed by atoms with Gasteiger partial charge in [-0.3, -0.25) is 0 Å². The molecule has 2 nitrogen and oxygen atoms in total. The lowest BCUT2D eigenvalue weighted by molar-refractivity contribution is 0.771. The minimum Gasteiger partial charge on any atom is -0.399 e. The first-order valence-electron chi connectivity index (χ1n) is 11.9. The van der Waals surface area contributed by atoms with Crippen LogP contribution in [-0.2, 0) is 5.41 Å². The number of hydrogen-bond acceptors (Lipinski definition) is 2. The summed E-state index contributed by atoms with van der Waals surface area (Å²) in [6.45, 7) is 0. The summed E-state index contributed by atoms with van der Waals surface area (Å²) in [5, 5.41) is 4.67. The molecule has 4 N–H and O–H groups in total. The number of nitrogens with two attached hydrogens (primary N) is 2. The summed E-state index contributed by atoms with van der Waals surface area (Å²) < 4.78 is 0. The zero-order valence-corrected chi connectivity index (χ0v) is 19.2. The highest BCUT2D eigenvalue weighted by atomic mass is 14.5. The molecule has 0 radical (unpaired) electrons. The van der Waals surface area contributed by atoms with Gasteiger partial charge in [-0.05, 0) is 91.3 Å². The fourth-order valence-corrected chi connectivity index (χ4v) is 6.02. The Kier molecular flexibility index (Phi) is 4.10. The van der Waals surface area contributed by atoms with E-state index in [4.69, 9.17) is 11.5 Å². The second-order valence-electron chi connectivity index (χ2n) is 9.48. The van der Waals surface area contributed by atoms with Crippen molar-refractivity contribution in [3.63, 3.8) is 0 Å². The zero-order chi connectivity index (χ0) is 23.6. The minimum absolute atomic E-state index is 0.432. The Labute approximate surface area is 204 Å². The van der Waals surface area contributed by atoms with Crippen LogP contribution in [0, 0.1) is 0 Å². The van der Waals surface area contributed by atoms with E-state index in [-0.39, 0.29) is 0 Å². The van der Waals surface area contributed by atoms with Crippen LogP contribution in [-0.4, -0.2) is 0 Å². The van der Waals surface area contributed by atoms with Gasteiger partial charge in [0.25, 0.3) is 0 Å². The van der Waals surface area contributed by atoms with E-state index in [0.717, 1.165) is 22.1 Å². The van der Waals surface area contributed by atoms with Crippen LogP contribution in [0.25, 0.3) is 32.7 Å². The van der Waals surface area contributed by atoms with Crippen LogP contribution < -0.4 is 11.5 Å². The van der Waals surface area contributed by atoms with Gasteiger partial charge in [0.05, 0.1) is 5.41 Å². The molecule has 0 fully saturated rings. The van der Waals surface area contributed by atoms with Gasteiger partial charge >= 0.3 is 0 Å². The fraction of sp³-hybridized carbons (Fsp3) is 0.0303. The maximum atomic E-state index is 6.08. The molecule has 6 aromatic carbocycles. The molecule has 1 aliphatic rings. The highest BCUT2D eigenvalue weighted by Crippen LogP contribution is 2.56. The van der Waals surface area contributed by atoms with Crippen molar-refractivity contribution >= 4 is 32.9 Å². The number of fused-ring (bicyclic) bond motifs is 5. The Morgan fingerprint density at radius 2 is 0.800 bits per heavy atom. The van der Waals surface area contributed by atoms with Gasteiger partial charge in [0.15, 0.2) is 0 Å². The van der Waals surface area contributed by atoms with Gasteiger partial charge in [-0.2, -0.15) is 0 Å². The molecule has 6 aromatic rings. The van der Waals surface area contributed by atoms with E-state index in [0.29, 0.717) is 0 Å². The molecule has 0 spiro atoms. The topological polar surface area (TPSA) is 52.0 Å². The van der Waals surface area contributed by atoms with E-state index in [1.807, 2.05) is 24.3 Å². The van der Waals surface area contributed by atoms with Crippen molar-refractivity contribution in [1.82, 2.24) is 0 Å². The van der Waals surface area contributed by atoms with Crippen molar-refractivity contribution < 1.29 is 0 Å². The maximum absolute atomic E-state index is 6.08. The van der Waals surface area contributed by atoms with Crippen LogP contribution in [0.15, 0.2) is 121 Å². The molecule has 0 heterocycles. The lowest BCUT2D eigenvalue weighted by Crippen LogP contribution is -2.28. The van der Waals surface area contributed by atoms with Crippen LogP contribution in [0.3, 0.4) is 0 Å². The molecule has 0 unspecified atom stereocenters. The molecule has 0 saturated carbocycles. The van der Waals surface area contributed by atoms with E-state index in [2.05, 4.69) is 97.1 Å². The van der Waals surface area contributed by atoms with Crippen molar-refractivity contribution in [2.75, 3.05) is 11.5 Å². The number of rotatable bonds is 2. The second kappa shape index (κ2) is 7.22. The standard InChI is InChI=1S/C33H24N2/c34-27-15-11-21-17-25(13-9-23(21)19-27)33(26-14-10-24-20-28(35)16-12-22(24)18-26)31-7-3-1-5-29(31)30-6-2-4-8-32(30)33/h1-20H,34-35H2. The predicted octanol–water partition coefficient (Wildman–Crippen LogP) is 7.52. The van der Waals surface area contributed by atoms with E-state index in [9.17, 15) is 0 Å². The Morgan fingerprint density at radius 3 is 1.29 bits per heavy atom. The van der Waals surface area contributed by atoms with Gasteiger partial charge in [-0.1, -0.05) is 84.9 Å². The van der Waals surface area contributed by atoms with E-state index >= 15 is 0 Å². The molecule has 166 valence electrons. The second-order valence-corrected chi connectivity index (χ2v) is 9.48. The summed E-state index contributed by atoms with van der Waals surface area (Å²) in [6, 6.07) is 43.6. The number of nitrogen functional groups attached to an aromatic ring is 2. The van der Waals surface area contributed by atoms with Crippen molar-refractivity contribution in [2.24, 2.45) is 0 Å². The molecule has 0 aliphatic heterocycles. The van der Waals surface area contributed by atoms with Crippen LogP contribution in [0.4, 0.5) is 11.4 Å². The average molecular weight is 449 g/mol. The van der Waals surface area contributed by atoms with Gasteiger partial charge in [-0.25, -0.2) is 0 Å². The Hall–Kier alpha value is -4.56. The van der Waals surface area contributed by atoms with Gasteiger partial charge in [0.1, 0.15) is 0 Å². The third-order valence-electron chi connectivity index (χ3n) is 7.55. The summed E-state index contributed by atoms with van der Waals surface area (Å²) in [6.07, 6.45) is 0. The lowest BCUT2D eigenvalue weighted by Gasteiger charge is -2.34. The monoisotopic (exact) mass is 448 g/mol. The molecule has 1 aliphatic carbocycles. The SMILES string of the molecule is Nc1ccc2cc(C3(c4ccc5cc(N)ccc5c4)c4ccccc4-c4ccccc43)ccc2c1. The first-order valence-corrected chi connectivity index (χ1v) is 11.9. The minimum atomic E-state index is -0.432. The van der Waals surface area contributed by atoms with Crippen LogP contribution in [0.2, 0.25) is 0 Å². The van der Waals surface area contributed by atoms with Gasteiger partial charge in [-0.15, -0.1) is 0 Å². The van der Waals surface area contributed by atoms with Crippen molar-refractivity contribution in [1.29, 1.82) is 0 Å². The number of anilines is 2. The van der Waals surface area contributed by atoms with Crippen molar-refractivity contribution in [3.05, 3.63) is 144 Å². The van der Waals surface area contributed by atoms with Crippen LogP contribution in [0.5, 0.6) is 0 Å². The van der Waals surface area contributed by atoms with E-state index < -0.39 is 5.41 Å². The van der Waals surface area contributed by atoms with Gasteiger partial charge in [0.2, 0.25) is 0 Å².